The SMILES string of the molecule is CN(CCc1ccccc1)C(=O)CC[C@@H](NC(=O)[C@@H](CC1CCCCC1)NC(=O)OCc1cccc(Cl)c1)C(O)S(=O)(=O)[O-]. The van der Waals surface area contributed by atoms with Crippen molar-refractivity contribution in [1.82, 2.24) is 15.5 Å². The predicted molar refractivity (Wildman–Crippen MR) is 164 cm³/mol. The van der Waals surface area contributed by atoms with E-state index >= 15 is 0 Å². The van der Waals surface area contributed by atoms with Gasteiger partial charge in [0.15, 0.2) is 5.44 Å². The molecule has 0 aliphatic heterocycles. The number of hydrogen-bond acceptors (Lipinski definition) is 8. The van der Waals surface area contributed by atoms with Crippen molar-refractivity contribution in [3.63, 3.8) is 0 Å². The Hall–Kier alpha value is -3.19. The van der Waals surface area contributed by atoms with E-state index in [1.165, 1.54) is 4.90 Å². The summed E-state index contributed by atoms with van der Waals surface area (Å²) in [6.07, 6.45) is 4.19. The maximum absolute atomic E-state index is 13.4. The molecule has 0 aromatic heterocycles. The number of halogens is 1. The average Bonchev–Trinajstić information content (AvgIpc) is 3.00. The highest BCUT2D eigenvalue weighted by molar-refractivity contribution is 7.86. The Kier molecular flexibility index (Phi) is 13.9. The molecule has 0 heterocycles. The summed E-state index contributed by atoms with van der Waals surface area (Å²) in [5.74, 6) is -1.01. The molecular weight excluding hydrogens is 610 g/mol. The molecule has 0 saturated heterocycles. The molecule has 11 nitrogen and oxygen atoms in total. The van der Waals surface area contributed by atoms with Gasteiger partial charge in [-0.05, 0) is 48.4 Å². The van der Waals surface area contributed by atoms with E-state index < -0.39 is 39.6 Å². The first kappa shape index (κ1) is 35.3. The Morgan fingerprint density at radius 1 is 1.05 bits per heavy atom. The van der Waals surface area contributed by atoms with Gasteiger partial charge >= 0.3 is 6.09 Å². The number of likely N-dealkylation sites (N-methyl/N-ethyl adjacent to an activating group) is 1. The minimum Gasteiger partial charge on any atom is -0.746 e. The van der Waals surface area contributed by atoms with Crippen LogP contribution < -0.4 is 10.6 Å². The van der Waals surface area contributed by atoms with E-state index in [0.29, 0.717) is 23.6 Å². The van der Waals surface area contributed by atoms with Gasteiger partial charge in [-0.25, -0.2) is 13.2 Å². The third kappa shape index (κ3) is 12.1. The summed E-state index contributed by atoms with van der Waals surface area (Å²) >= 11 is 5.99. The summed E-state index contributed by atoms with van der Waals surface area (Å²) in [4.78, 5) is 40.4. The number of nitrogens with zero attached hydrogens (tertiary/aromatic N) is 1. The Morgan fingerprint density at radius 3 is 2.39 bits per heavy atom. The largest absolute Gasteiger partial charge is 0.746 e. The zero-order chi connectivity index (χ0) is 32.1. The van der Waals surface area contributed by atoms with Gasteiger partial charge in [0.25, 0.3) is 0 Å². The smallest absolute Gasteiger partial charge is 0.408 e. The Balaban J connectivity index is 1.65. The maximum Gasteiger partial charge on any atom is 0.408 e. The number of aliphatic hydroxyl groups excluding tert-OH is 1. The topological polar surface area (TPSA) is 165 Å². The van der Waals surface area contributed by atoms with Crippen LogP contribution >= 0.6 is 11.6 Å². The summed E-state index contributed by atoms with van der Waals surface area (Å²) in [5, 5.41) is 15.8. The lowest BCUT2D eigenvalue weighted by Crippen LogP contribution is -2.54. The minimum atomic E-state index is -5.24. The first-order chi connectivity index (χ1) is 20.9. The molecular formula is C31H41ClN3O8S-. The number of carbonyl (C=O) groups excluding carboxylic acids is 3. The summed E-state index contributed by atoms with van der Waals surface area (Å²) in [6.45, 7) is 0.298. The van der Waals surface area contributed by atoms with Gasteiger partial charge in [-0.1, -0.05) is 86.2 Å². The molecule has 2 aromatic rings. The van der Waals surface area contributed by atoms with Gasteiger partial charge < -0.3 is 29.9 Å². The molecule has 3 rings (SSSR count). The molecule has 1 aliphatic rings. The number of nitrogens with one attached hydrogen (secondary N) is 2. The highest BCUT2D eigenvalue weighted by Crippen LogP contribution is 2.27. The van der Waals surface area contributed by atoms with Crippen LogP contribution in [0.15, 0.2) is 54.6 Å². The summed E-state index contributed by atoms with van der Waals surface area (Å²) in [7, 11) is -3.64. The summed E-state index contributed by atoms with van der Waals surface area (Å²) < 4.78 is 40.5. The van der Waals surface area contributed by atoms with E-state index in [0.717, 1.165) is 37.7 Å². The van der Waals surface area contributed by atoms with Gasteiger partial charge in [-0.3, -0.25) is 9.59 Å². The molecule has 13 heteroatoms. The lowest BCUT2D eigenvalue weighted by atomic mass is 9.84. The Bertz CT molecular complexity index is 1340. The van der Waals surface area contributed by atoms with Crippen LogP contribution in [0.4, 0.5) is 4.79 Å². The average molecular weight is 651 g/mol. The van der Waals surface area contributed by atoms with E-state index in [1.54, 1.807) is 31.3 Å². The van der Waals surface area contributed by atoms with Crippen LogP contribution in [0.3, 0.4) is 0 Å². The van der Waals surface area contributed by atoms with Gasteiger partial charge in [-0.15, -0.1) is 0 Å². The van der Waals surface area contributed by atoms with Gasteiger partial charge in [0.05, 0.1) is 6.04 Å². The molecule has 242 valence electrons. The zero-order valence-electron chi connectivity index (χ0n) is 24.8. The van der Waals surface area contributed by atoms with Gasteiger partial charge in [0.2, 0.25) is 11.8 Å². The monoisotopic (exact) mass is 650 g/mol. The molecule has 3 atom stereocenters. The second kappa shape index (κ2) is 17.3. The van der Waals surface area contributed by atoms with E-state index in [1.807, 2.05) is 30.3 Å². The molecule has 1 fully saturated rings. The predicted octanol–water partition coefficient (Wildman–Crippen LogP) is 3.73. The van der Waals surface area contributed by atoms with Crippen LogP contribution in [0, 0.1) is 5.92 Å². The van der Waals surface area contributed by atoms with E-state index in [2.05, 4.69) is 10.6 Å². The number of ether oxygens (including phenoxy) is 1. The Morgan fingerprint density at radius 2 is 1.73 bits per heavy atom. The van der Waals surface area contributed by atoms with Crippen molar-refractivity contribution >= 4 is 39.6 Å². The van der Waals surface area contributed by atoms with Crippen LogP contribution in [0.1, 0.15) is 62.5 Å². The third-order valence-corrected chi connectivity index (χ3v) is 8.96. The molecule has 3 N–H and O–H groups in total. The van der Waals surface area contributed by atoms with Crippen molar-refractivity contribution in [2.45, 2.75) is 81.9 Å². The van der Waals surface area contributed by atoms with Crippen LogP contribution in [-0.2, 0) is 37.5 Å². The van der Waals surface area contributed by atoms with Crippen molar-refractivity contribution in [1.29, 1.82) is 0 Å². The fraction of sp³-hybridized carbons (Fsp3) is 0.516. The molecule has 2 aromatic carbocycles. The first-order valence-electron chi connectivity index (χ1n) is 14.8. The van der Waals surface area contributed by atoms with Crippen LogP contribution in [0.5, 0.6) is 0 Å². The zero-order valence-corrected chi connectivity index (χ0v) is 26.4. The second-order valence-corrected chi connectivity index (χ2v) is 13.1. The second-order valence-electron chi connectivity index (χ2n) is 11.2. The van der Waals surface area contributed by atoms with Crippen molar-refractivity contribution in [3.05, 3.63) is 70.7 Å². The molecule has 1 saturated carbocycles. The number of alkyl carbamates (subject to hydrolysis) is 1. The Labute approximate surface area is 264 Å². The van der Waals surface area contributed by atoms with Gasteiger partial charge in [0, 0.05) is 25.0 Å². The van der Waals surface area contributed by atoms with E-state index in [4.69, 9.17) is 16.3 Å². The number of aliphatic hydroxyl groups is 1. The minimum absolute atomic E-state index is 0.0974. The highest BCUT2D eigenvalue weighted by Gasteiger charge is 2.32. The fourth-order valence-electron chi connectivity index (χ4n) is 5.25. The van der Waals surface area contributed by atoms with Crippen molar-refractivity contribution < 1.29 is 37.2 Å². The van der Waals surface area contributed by atoms with E-state index in [9.17, 15) is 32.5 Å². The number of amides is 3. The number of benzene rings is 2. The summed E-state index contributed by atoms with van der Waals surface area (Å²) in [6, 6.07) is 13.6. The molecule has 44 heavy (non-hydrogen) atoms. The lowest BCUT2D eigenvalue weighted by Gasteiger charge is -2.30. The van der Waals surface area contributed by atoms with Gasteiger partial charge in [-0.2, -0.15) is 0 Å². The summed E-state index contributed by atoms with van der Waals surface area (Å²) in [5.41, 5.74) is -0.810. The van der Waals surface area contributed by atoms with Crippen LogP contribution in [0.2, 0.25) is 5.02 Å². The normalized spacial score (nSPS) is 15.9. The molecule has 0 radical (unpaired) electrons. The first-order valence-corrected chi connectivity index (χ1v) is 16.7. The molecule has 0 spiro atoms. The van der Waals surface area contributed by atoms with Crippen molar-refractivity contribution in [3.8, 4) is 0 Å². The van der Waals surface area contributed by atoms with Crippen LogP contribution in [-0.4, -0.2) is 72.0 Å². The number of carbonyl (C=O) groups is 3. The fourth-order valence-corrected chi connectivity index (χ4v) is 6.07. The standard InChI is InChI=1S/C31H42ClN3O8S/c1-35(18-17-22-9-4-2-5-10-22)28(36)16-15-26(30(38)44(40,41)42)33-29(37)27(20-23-11-6-3-7-12-23)34-31(39)43-21-24-13-8-14-25(32)19-24/h2,4-5,8-10,13-14,19,23,26-27,30,38H,3,6-7,11-12,15-18,20-21H2,1H3,(H,33,37)(H,34,39)(H,40,41,42)/p-1/t26-,27-,30?/m1/s1. The lowest BCUT2D eigenvalue weighted by molar-refractivity contribution is -0.131. The van der Waals surface area contributed by atoms with E-state index in [-0.39, 0.29) is 37.7 Å². The molecule has 1 unspecified atom stereocenters. The molecule has 3 amide bonds. The molecule has 0 bridgehead atoms. The quantitative estimate of drug-likeness (QED) is 0.245. The third-order valence-electron chi connectivity index (χ3n) is 7.80. The molecule has 1 aliphatic carbocycles. The van der Waals surface area contributed by atoms with Crippen molar-refractivity contribution in [2.24, 2.45) is 5.92 Å². The van der Waals surface area contributed by atoms with Crippen molar-refractivity contribution in [2.75, 3.05) is 13.6 Å². The van der Waals surface area contributed by atoms with Crippen LogP contribution in [0.25, 0.3) is 0 Å². The highest BCUT2D eigenvalue weighted by atomic mass is 35.5. The number of hydrogen-bond donors (Lipinski definition) is 3. The maximum atomic E-state index is 13.4. The number of rotatable bonds is 15. The van der Waals surface area contributed by atoms with Gasteiger partial charge in [0.1, 0.15) is 22.8 Å².